The van der Waals surface area contributed by atoms with E-state index < -0.39 is 16.2 Å². The maximum absolute atomic E-state index is 13.2. The van der Waals surface area contributed by atoms with Gasteiger partial charge in [0.15, 0.2) is 0 Å². The molecule has 1 aromatic rings. The van der Waals surface area contributed by atoms with E-state index in [4.69, 9.17) is 0 Å². The Morgan fingerprint density at radius 1 is 1.34 bits per heavy atom. The highest BCUT2D eigenvalue weighted by atomic mass is 32.2. The van der Waals surface area contributed by atoms with Crippen molar-refractivity contribution in [2.75, 3.05) is 13.6 Å². The Balaban J connectivity index is 2.27. The number of hydrogen-bond acceptors (Lipinski definition) is 5. The lowest BCUT2D eigenvalue weighted by Gasteiger charge is -2.29. The number of amides is 2. The number of aryl methyl sites for hydroxylation is 1. The van der Waals surface area contributed by atoms with E-state index in [1.165, 1.54) is 4.90 Å². The van der Waals surface area contributed by atoms with Crippen molar-refractivity contribution in [3.8, 4) is 0 Å². The van der Waals surface area contributed by atoms with Crippen LogP contribution in [0.5, 0.6) is 0 Å². The molecule has 1 N–H and O–H groups in total. The van der Waals surface area contributed by atoms with Crippen molar-refractivity contribution in [3.05, 3.63) is 34.1 Å². The zero-order valence-corrected chi connectivity index (χ0v) is 19.1. The molecule has 0 aliphatic heterocycles. The molecule has 1 atom stereocenters. The van der Waals surface area contributed by atoms with Crippen molar-refractivity contribution < 1.29 is 13.8 Å². The number of carbonyl (C=O) groups excluding carboxylic acids is 2. The fourth-order valence-electron chi connectivity index (χ4n) is 3.20. The van der Waals surface area contributed by atoms with E-state index in [-0.39, 0.29) is 5.91 Å². The van der Waals surface area contributed by atoms with Crippen LogP contribution in [0.2, 0.25) is 0 Å². The predicted octanol–water partition coefficient (Wildman–Crippen LogP) is 2.81. The first-order valence-electron chi connectivity index (χ1n) is 9.97. The van der Waals surface area contributed by atoms with E-state index in [0.29, 0.717) is 37.9 Å². The molecule has 1 heterocycles. The largest absolute Gasteiger partial charge is 0.318 e. The molecule has 7 nitrogen and oxygen atoms in total. The van der Waals surface area contributed by atoms with Gasteiger partial charge in [-0.2, -0.15) is 5.10 Å². The van der Waals surface area contributed by atoms with Crippen molar-refractivity contribution in [2.45, 2.75) is 65.3 Å². The first-order valence-corrected chi connectivity index (χ1v) is 11.1. The summed E-state index contributed by atoms with van der Waals surface area (Å²) in [5.74, 6) is -0.211. The molecule has 0 aromatic carbocycles. The summed E-state index contributed by atoms with van der Waals surface area (Å²) in [6.07, 6.45) is 5.77. The average Bonchev–Trinajstić information content (AvgIpc) is 2.99. The van der Waals surface area contributed by atoms with Crippen molar-refractivity contribution >= 4 is 23.1 Å². The molecule has 2 rings (SSSR count). The first kappa shape index (κ1) is 23.2. The van der Waals surface area contributed by atoms with Crippen molar-refractivity contribution in [1.29, 1.82) is 0 Å². The third kappa shape index (κ3) is 4.93. The van der Waals surface area contributed by atoms with Crippen molar-refractivity contribution in [3.63, 3.8) is 0 Å². The highest BCUT2D eigenvalue weighted by molar-refractivity contribution is 7.89. The Labute approximate surface area is 175 Å². The number of rotatable bonds is 9. The summed E-state index contributed by atoms with van der Waals surface area (Å²) >= 11 is 0. The van der Waals surface area contributed by atoms with E-state index in [0.717, 1.165) is 27.7 Å². The summed E-state index contributed by atoms with van der Waals surface area (Å²) in [5.41, 5.74) is 1.71. The number of nitrogens with zero attached hydrogens (tertiary/aromatic N) is 3. The van der Waals surface area contributed by atoms with Gasteiger partial charge in [0.1, 0.15) is 0 Å². The standard InChI is InChI=1S/C21H32N4O3S/c1-7-21(4,5)20(27)24(14-26)17-8-10-18(11-9-17)29(28)19-15(2)23-25(16(19)3)13-12-22-6/h8,10,14,22H,7,9,11-13H2,1-6H3. The van der Waals surface area contributed by atoms with E-state index in [1.807, 2.05) is 46.3 Å². The highest BCUT2D eigenvalue weighted by Crippen LogP contribution is 2.31. The zero-order valence-electron chi connectivity index (χ0n) is 18.2. The van der Waals surface area contributed by atoms with E-state index in [9.17, 15) is 13.8 Å². The smallest absolute Gasteiger partial charge is 0.238 e. The minimum absolute atomic E-state index is 0.211. The maximum Gasteiger partial charge on any atom is 0.238 e. The van der Waals surface area contributed by atoms with Crippen LogP contribution in [0, 0.1) is 19.3 Å². The van der Waals surface area contributed by atoms with Gasteiger partial charge in [0.05, 0.1) is 33.6 Å². The Kier molecular flexibility index (Phi) is 7.71. The van der Waals surface area contributed by atoms with E-state index in [2.05, 4.69) is 10.4 Å². The Morgan fingerprint density at radius 2 is 2.03 bits per heavy atom. The van der Waals surface area contributed by atoms with Gasteiger partial charge < -0.3 is 5.32 Å². The lowest BCUT2D eigenvalue weighted by Crippen LogP contribution is -2.39. The van der Waals surface area contributed by atoms with Crippen LogP contribution in [0.25, 0.3) is 0 Å². The summed E-state index contributed by atoms with van der Waals surface area (Å²) in [7, 11) is 0.569. The first-order chi connectivity index (χ1) is 13.7. The molecule has 160 valence electrons. The summed E-state index contributed by atoms with van der Waals surface area (Å²) in [6.45, 7) is 10.9. The van der Waals surface area contributed by atoms with Gasteiger partial charge in [-0.1, -0.05) is 20.8 Å². The minimum atomic E-state index is -1.32. The summed E-state index contributed by atoms with van der Waals surface area (Å²) in [6, 6.07) is 0. The monoisotopic (exact) mass is 420 g/mol. The van der Waals surface area contributed by atoms with Crippen LogP contribution in [0.3, 0.4) is 0 Å². The Hall–Kier alpha value is -2.06. The Morgan fingerprint density at radius 3 is 2.55 bits per heavy atom. The van der Waals surface area contributed by atoms with Crippen molar-refractivity contribution in [1.82, 2.24) is 20.0 Å². The second kappa shape index (κ2) is 9.63. The van der Waals surface area contributed by atoms with E-state index >= 15 is 0 Å². The number of nitrogens with one attached hydrogen (secondary N) is 1. The molecule has 29 heavy (non-hydrogen) atoms. The molecule has 0 saturated heterocycles. The van der Waals surface area contributed by atoms with E-state index in [1.54, 1.807) is 12.2 Å². The summed E-state index contributed by atoms with van der Waals surface area (Å²) in [5, 5.41) is 7.61. The number of likely N-dealkylation sites (N-methyl/N-ethyl adjacent to an activating group) is 1. The van der Waals surface area contributed by atoms with Crippen LogP contribution in [0.1, 0.15) is 51.4 Å². The highest BCUT2D eigenvalue weighted by Gasteiger charge is 2.32. The molecule has 0 spiro atoms. The molecule has 2 amide bonds. The molecule has 0 radical (unpaired) electrons. The SMILES string of the molecule is CCC(C)(C)C(=O)N(C=O)C1=CC=C(S(=O)c2c(C)nn(CCNC)c2C)CC1. The van der Waals surface area contributed by atoms with Gasteiger partial charge in [0.2, 0.25) is 12.3 Å². The second-order valence-corrected chi connectivity index (χ2v) is 9.37. The molecule has 0 bridgehead atoms. The van der Waals surface area contributed by atoms with Gasteiger partial charge in [-0.15, -0.1) is 0 Å². The minimum Gasteiger partial charge on any atom is -0.318 e. The molecular formula is C21H32N4O3S. The lowest BCUT2D eigenvalue weighted by molar-refractivity contribution is -0.143. The molecule has 1 aliphatic carbocycles. The van der Waals surface area contributed by atoms with Gasteiger partial charge in [0.25, 0.3) is 0 Å². The molecule has 8 heteroatoms. The number of allylic oxidation sites excluding steroid dienone is 4. The molecular weight excluding hydrogens is 388 g/mol. The fraction of sp³-hybridized carbons (Fsp3) is 0.571. The molecule has 0 saturated carbocycles. The third-order valence-corrected chi connectivity index (χ3v) is 7.28. The average molecular weight is 421 g/mol. The third-order valence-electron chi connectivity index (χ3n) is 5.50. The molecule has 0 fully saturated rings. The topological polar surface area (TPSA) is 84.3 Å². The van der Waals surface area contributed by atoms with Gasteiger partial charge in [0, 0.05) is 22.6 Å². The van der Waals surface area contributed by atoms with Crippen LogP contribution in [-0.4, -0.2) is 44.8 Å². The summed E-state index contributed by atoms with van der Waals surface area (Å²) < 4.78 is 15.1. The molecule has 1 aromatic heterocycles. The van der Waals surface area contributed by atoms with Gasteiger partial charge in [-0.25, -0.2) is 4.21 Å². The number of aromatic nitrogens is 2. The number of imide groups is 1. The van der Waals surface area contributed by atoms with Gasteiger partial charge in [-0.05, 0) is 52.3 Å². The second-order valence-electron chi connectivity index (χ2n) is 7.90. The molecule has 1 unspecified atom stereocenters. The van der Waals surface area contributed by atoms with Crippen LogP contribution in [0.15, 0.2) is 27.6 Å². The number of hydrogen-bond donors (Lipinski definition) is 1. The number of carbonyl (C=O) groups is 2. The molecule has 1 aliphatic rings. The van der Waals surface area contributed by atoms with Crippen molar-refractivity contribution in [2.24, 2.45) is 5.41 Å². The van der Waals surface area contributed by atoms with Crippen LogP contribution in [-0.2, 0) is 26.9 Å². The Bertz CT molecular complexity index is 868. The quantitative estimate of drug-likeness (QED) is 0.621. The van der Waals surface area contributed by atoms with Crippen LogP contribution >= 0.6 is 0 Å². The van der Waals surface area contributed by atoms with Crippen LogP contribution in [0.4, 0.5) is 0 Å². The van der Waals surface area contributed by atoms with Gasteiger partial charge >= 0.3 is 0 Å². The summed E-state index contributed by atoms with van der Waals surface area (Å²) in [4.78, 5) is 27.0. The fourth-order valence-corrected chi connectivity index (χ4v) is 4.63. The van der Waals surface area contributed by atoms with Crippen LogP contribution < -0.4 is 5.32 Å². The maximum atomic E-state index is 13.2. The zero-order chi connectivity index (χ0) is 21.8. The van der Waals surface area contributed by atoms with Gasteiger partial charge in [-0.3, -0.25) is 19.2 Å². The lowest BCUT2D eigenvalue weighted by atomic mass is 9.88. The predicted molar refractivity (Wildman–Crippen MR) is 114 cm³/mol. The normalized spacial score (nSPS) is 15.5.